The summed E-state index contributed by atoms with van der Waals surface area (Å²) in [6.45, 7) is 0.980. The molecule has 0 saturated heterocycles. The van der Waals surface area contributed by atoms with Crippen LogP contribution in [0.15, 0.2) is 54.6 Å². The first-order valence-electron chi connectivity index (χ1n) is 7.68. The van der Waals surface area contributed by atoms with Crippen LogP contribution in [-0.4, -0.2) is 29.8 Å². The Bertz CT molecular complexity index is 757. The lowest BCUT2D eigenvalue weighted by molar-refractivity contribution is -0.118. The molecule has 0 fully saturated rings. The second-order valence-corrected chi connectivity index (χ2v) is 7.18. The van der Waals surface area contributed by atoms with Crippen LogP contribution >= 0.6 is 23.1 Å². The highest BCUT2D eigenvalue weighted by molar-refractivity contribution is 7.99. The van der Waals surface area contributed by atoms with E-state index in [2.05, 4.69) is 16.4 Å². The van der Waals surface area contributed by atoms with Crippen molar-refractivity contribution in [2.75, 3.05) is 18.9 Å². The maximum atomic E-state index is 11.8. The molecule has 0 spiro atoms. The highest BCUT2D eigenvalue weighted by atomic mass is 32.2. The monoisotopic (exact) mass is 358 g/mol. The van der Waals surface area contributed by atoms with Crippen LogP contribution in [0.3, 0.4) is 0 Å². The third kappa shape index (κ3) is 4.97. The van der Waals surface area contributed by atoms with Crippen LogP contribution in [0.1, 0.15) is 5.01 Å². The van der Waals surface area contributed by atoms with E-state index in [-0.39, 0.29) is 5.91 Å². The Morgan fingerprint density at radius 2 is 1.92 bits per heavy atom. The van der Waals surface area contributed by atoms with Crippen molar-refractivity contribution in [3.05, 3.63) is 59.6 Å². The zero-order valence-electron chi connectivity index (χ0n) is 13.1. The van der Waals surface area contributed by atoms with E-state index in [1.165, 1.54) is 4.70 Å². The predicted octanol–water partition coefficient (Wildman–Crippen LogP) is 3.72. The van der Waals surface area contributed by atoms with Gasteiger partial charge in [0.15, 0.2) is 0 Å². The summed E-state index contributed by atoms with van der Waals surface area (Å²) < 4.78 is 6.72. The van der Waals surface area contributed by atoms with Gasteiger partial charge in [0.25, 0.3) is 0 Å². The Kier molecular flexibility index (Phi) is 6.09. The zero-order valence-corrected chi connectivity index (χ0v) is 14.7. The van der Waals surface area contributed by atoms with Gasteiger partial charge < -0.3 is 10.1 Å². The third-order valence-corrected chi connectivity index (χ3v) is 5.40. The number of nitrogens with one attached hydrogen (secondary N) is 1. The minimum atomic E-state index is 0.0257. The molecule has 0 unspecified atom stereocenters. The number of thiazole rings is 1. The molecule has 0 saturated carbocycles. The highest BCUT2D eigenvalue weighted by Gasteiger charge is 2.05. The van der Waals surface area contributed by atoms with Gasteiger partial charge in [-0.15, -0.1) is 23.1 Å². The molecule has 124 valence electrons. The van der Waals surface area contributed by atoms with Crippen LogP contribution in [-0.2, 0) is 10.5 Å². The van der Waals surface area contributed by atoms with E-state index in [1.54, 1.807) is 23.1 Å². The normalized spacial score (nSPS) is 10.7. The van der Waals surface area contributed by atoms with Crippen molar-refractivity contribution in [3.63, 3.8) is 0 Å². The van der Waals surface area contributed by atoms with Gasteiger partial charge in [0.05, 0.1) is 22.5 Å². The van der Waals surface area contributed by atoms with E-state index in [0.717, 1.165) is 22.0 Å². The zero-order chi connectivity index (χ0) is 16.6. The maximum Gasteiger partial charge on any atom is 0.230 e. The summed E-state index contributed by atoms with van der Waals surface area (Å²) in [7, 11) is 0. The van der Waals surface area contributed by atoms with Crippen molar-refractivity contribution in [1.29, 1.82) is 0 Å². The van der Waals surface area contributed by atoms with E-state index in [0.29, 0.717) is 18.9 Å². The summed E-state index contributed by atoms with van der Waals surface area (Å²) in [5.74, 6) is 2.03. The van der Waals surface area contributed by atoms with Crippen molar-refractivity contribution in [2.45, 2.75) is 5.75 Å². The fourth-order valence-electron chi connectivity index (χ4n) is 2.14. The number of hydrogen-bond acceptors (Lipinski definition) is 5. The number of amides is 1. The number of carbonyl (C=O) groups is 1. The minimum absolute atomic E-state index is 0.0257. The van der Waals surface area contributed by atoms with E-state index >= 15 is 0 Å². The highest BCUT2D eigenvalue weighted by Crippen LogP contribution is 2.24. The van der Waals surface area contributed by atoms with Gasteiger partial charge in [0, 0.05) is 5.75 Å². The summed E-state index contributed by atoms with van der Waals surface area (Å²) in [6.07, 6.45) is 0. The molecule has 24 heavy (non-hydrogen) atoms. The number of para-hydroxylation sites is 2. The maximum absolute atomic E-state index is 11.8. The van der Waals surface area contributed by atoms with E-state index in [9.17, 15) is 4.79 Å². The predicted molar refractivity (Wildman–Crippen MR) is 101 cm³/mol. The SMILES string of the molecule is O=C(CSCc1nc2ccccc2s1)NCCOc1ccccc1. The first kappa shape index (κ1) is 16.8. The third-order valence-electron chi connectivity index (χ3n) is 3.23. The summed E-state index contributed by atoms with van der Waals surface area (Å²) in [4.78, 5) is 16.4. The fraction of sp³-hybridized carbons (Fsp3) is 0.222. The second-order valence-electron chi connectivity index (χ2n) is 5.08. The fourth-order valence-corrected chi connectivity index (χ4v) is 4.02. The Hall–Kier alpha value is -2.05. The molecule has 1 heterocycles. The van der Waals surface area contributed by atoms with Gasteiger partial charge in [-0.25, -0.2) is 4.98 Å². The standard InChI is InChI=1S/C18H18N2O2S2/c21-17(19-10-11-22-14-6-2-1-3-7-14)12-23-13-18-20-15-8-4-5-9-16(15)24-18/h1-9H,10-13H2,(H,19,21). The largest absolute Gasteiger partial charge is 0.492 e. The molecule has 3 rings (SSSR count). The van der Waals surface area contributed by atoms with Crippen LogP contribution < -0.4 is 10.1 Å². The van der Waals surface area contributed by atoms with Gasteiger partial charge in [0.2, 0.25) is 5.91 Å². The first-order chi connectivity index (χ1) is 11.8. The van der Waals surface area contributed by atoms with Crippen LogP contribution in [0.2, 0.25) is 0 Å². The lowest BCUT2D eigenvalue weighted by atomic mass is 10.3. The number of benzene rings is 2. The Morgan fingerprint density at radius 3 is 2.75 bits per heavy atom. The van der Waals surface area contributed by atoms with Crippen LogP contribution in [0.25, 0.3) is 10.2 Å². The number of thioether (sulfide) groups is 1. The molecule has 6 heteroatoms. The van der Waals surface area contributed by atoms with Crippen molar-refractivity contribution in [2.24, 2.45) is 0 Å². The molecule has 0 radical (unpaired) electrons. The van der Waals surface area contributed by atoms with Gasteiger partial charge in [-0.2, -0.15) is 0 Å². The molecule has 2 aromatic carbocycles. The molecule has 1 N–H and O–H groups in total. The molecular weight excluding hydrogens is 340 g/mol. The molecule has 0 bridgehead atoms. The number of rotatable bonds is 8. The molecule has 0 aliphatic heterocycles. The summed E-state index contributed by atoms with van der Waals surface area (Å²) in [5, 5.41) is 3.92. The Morgan fingerprint density at radius 1 is 1.12 bits per heavy atom. The number of aromatic nitrogens is 1. The quantitative estimate of drug-likeness (QED) is 0.624. The molecular formula is C18H18N2O2S2. The van der Waals surface area contributed by atoms with Crippen molar-refractivity contribution < 1.29 is 9.53 Å². The Labute approximate surface area is 149 Å². The average molecular weight is 358 g/mol. The van der Waals surface area contributed by atoms with Crippen molar-refractivity contribution in [1.82, 2.24) is 10.3 Å². The van der Waals surface area contributed by atoms with Gasteiger partial charge >= 0.3 is 0 Å². The van der Waals surface area contributed by atoms with Gasteiger partial charge in [-0.3, -0.25) is 4.79 Å². The molecule has 1 amide bonds. The second kappa shape index (κ2) is 8.70. The van der Waals surface area contributed by atoms with Crippen molar-refractivity contribution >= 4 is 39.2 Å². The van der Waals surface area contributed by atoms with Gasteiger partial charge in [-0.1, -0.05) is 30.3 Å². The average Bonchev–Trinajstić information content (AvgIpc) is 3.02. The van der Waals surface area contributed by atoms with Crippen LogP contribution in [0, 0.1) is 0 Å². The summed E-state index contributed by atoms with van der Waals surface area (Å²) in [5.41, 5.74) is 1.03. The molecule has 1 aromatic heterocycles. The smallest absolute Gasteiger partial charge is 0.230 e. The Balaban J connectivity index is 1.32. The molecule has 0 aliphatic rings. The molecule has 0 aliphatic carbocycles. The van der Waals surface area contributed by atoms with E-state index in [4.69, 9.17) is 4.74 Å². The van der Waals surface area contributed by atoms with Gasteiger partial charge in [-0.05, 0) is 24.3 Å². The minimum Gasteiger partial charge on any atom is -0.492 e. The number of hydrogen-bond donors (Lipinski definition) is 1. The van der Waals surface area contributed by atoms with Crippen LogP contribution in [0.5, 0.6) is 5.75 Å². The molecule has 3 aromatic rings. The summed E-state index contributed by atoms with van der Waals surface area (Å²) >= 11 is 3.26. The van der Waals surface area contributed by atoms with Crippen LogP contribution in [0.4, 0.5) is 0 Å². The number of carbonyl (C=O) groups excluding carboxylic acids is 1. The topological polar surface area (TPSA) is 51.2 Å². The first-order valence-corrected chi connectivity index (χ1v) is 9.65. The number of nitrogens with zero attached hydrogens (tertiary/aromatic N) is 1. The van der Waals surface area contributed by atoms with E-state index in [1.807, 2.05) is 48.5 Å². The number of ether oxygens (including phenoxy) is 1. The molecule has 0 atom stereocenters. The van der Waals surface area contributed by atoms with E-state index < -0.39 is 0 Å². The lowest BCUT2D eigenvalue weighted by Crippen LogP contribution is -2.29. The molecule has 4 nitrogen and oxygen atoms in total. The van der Waals surface area contributed by atoms with Gasteiger partial charge in [0.1, 0.15) is 17.4 Å². The lowest BCUT2D eigenvalue weighted by Gasteiger charge is -2.07. The number of fused-ring (bicyclic) bond motifs is 1. The van der Waals surface area contributed by atoms with Crippen molar-refractivity contribution in [3.8, 4) is 5.75 Å². The summed E-state index contributed by atoms with van der Waals surface area (Å²) in [6, 6.07) is 17.7.